The normalized spacial score (nSPS) is 19.0. The van der Waals surface area contributed by atoms with E-state index in [0.717, 1.165) is 0 Å². The molecule has 0 unspecified atom stereocenters. The number of aromatic hydroxyl groups is 1. The molecular weight excluding hydrogens is 340 g/mol. The molecule has 5 nitrogen and oxygen atoms in total. The molecule has 130 valence electrons. The molecule has 0 radical (unpaired) electrons. The molecule has 0 aliphatic heterocycles. The number of amidine groups is 1. The summed E-state index contributed by atoms with van der Waals surface area (Å²) in [6.45, 7) is 0.450. The van der Waals surface area contributed by atoms with E-state index < -0.39 is 5.92 Å². The second-order valence-corrected chi connectivity index (χ2v) is 6.72. The third kappa shape index (κ3) is 3.13. The summed E-state index contributed by atoms with van der Waals surface area (Å²) >= 11 is 6.20. The molecule has 1 fully saturated rings. The van der Waals surface area contributed by atoms with E-state index in [1.165, 1.54) is 6.07 Å². The molecule has 24 heavy (non-hydrogen) atoms. The average molecular weight is 358 g/mol. The summed E-state index contributed by atoms with van der Waals surface area (Å²) in [6, 6.07) is 3.16. The first-order valence-electron chi connectivity index (χ1n) is 7.68. The Labute approximate surface area is 142 Å². The number of benzene rings is 1. The molecule has 0 amide bonds. The number of nitrogens with zero attached hydrogens (tertiary/aromatic N) is 2. The van der Waals surface area contributed by atoms with E-state index >= 15 is 0 Å². The van der Waals surface area contributed by atoms with Crippen molar-refractivity contribution >= 4 is 28.2 Å². The standard InChI is InChI=1S/C16H18ClF2N3O2/c17-12-6-10(14(20)21-24)5-11-8-22(15(23)13(11)12)7-9-1-3-16(18,19)4-2-9/h5-6,8-9,23-24H,1-4,7H2,(H2,20,21). The topological polar surface area (TPSA) is 83.8 Å². The van der Waals surface area contributed by atoms with Crippen LogP contribution in [0.3, 0.4) is 0 Å². The number of aromatic nitrogens is 1. The Morgan fingerprint density at radius 2 is 2.04 bits per heavy atom. The van der Waals surface area contributed by atoms with Crippen molar-refractivity contribution < 1.29 is 19.1 Å². The van der Waals surface area contributed by atoms with Crippen LogP contribution in [0.25, 0.3) is 10.8 Å². The lowest BCUT2D eigenvalue weighted by Gasteiger charge is -2.28. The number of rotatable bonds is 3. The molecule has 4 N–H and O–H groups in total. The number of halogens is 3. The maximum atomic E-state index is 13.3. The zero-order chi connectivity index (χ0) is 17.5. The Balaban J connectivity index is 1.90. The van der Waals surface area contributed by atoms with Crippen molar-refractivity contribution in [2.24, 2.45) is 16.8 Å². The first-order valence-corrected chi connectivity index (χ1v) is 8.05. The molecule has 1 aliphatic rings. The van der Waals surface area contributed by atoms with E-state index in [2.05, 4.69) is 5.16 Å². The number of alkyl halides is 2. The van der Waals surface area contributed by atoms with Crippen LogP contribution in [0.2, 0.25) is 5.02 Å². The lowest BCUT2D eigenvalue weighted by Crippen LogP contribution is -2.26. The fraction of sp³-hybridized carbons (Fsp3) is 0.438. The quantitative estimate of drug-likeness (QED) is 0.337. The van der Waals surface area contributed by atoms with Gasteiger partial charge >= 0.3 is 0 Å². The van der Waals surface area contributed by atoms with Crippen LogP contribution in [-0.2, 0) is 6.54 Å². The Morgan fingerprint density at radius 3 is 2.67 bits per heavy atom. The van der Waals surface area contributed by atoms with Crippen LogP contribution in [0.15, 0.2) is 23.5 Å². The zero-order valence-corrected chi connectivity index (χ0v) is 13.6. The van der Waals surface area contributed by atoms with Gasteiger partial charge in [0.15, 0.2) is 5.84 Å². The lowest BCUT2D eigenvalue weighted by molar-refractivity contribution is -0.0474. The van der Waals surface area contributed by atoms with Gasteiger partial charge in [0.2, 0.25) is 11.8 Å². The van der Waals surface area contributed by atoms with Gasteiger partial charge in [0, 0.05) is 36.5 Å². The Hall–Kier alpha value is -2.02. The van der Waals surface area contributed by atoms with Gasteiger partial charge in [-0.15, -0.1) is 0 Å². The molecule has 0 spiro atoms. The van der Waals surface area contributed by atoms with E-state index in [9.17, 15) is 13.9 Å². The third-order valence-electron chi connectivity index (χ3n) is 4.61. The molecule has 1 aromatic heterocycles. The third-order valence-corrected chi connectivity index (χ3v) is 4.90. The number of hydrogen-bond acceptors (Lipinski definition) is 3. The Bertz CT molecular complexity index is 794. The Kier molecular flexibility index (Phi) is 4.29. The average Bonchev–Trinajstić information content (AvgIpc) is 2.85. The van der Waals surface area contributed by atoms with Crippen LogP contribution in [-0.4, -0.2) is 26.6 Å². The predicted molar refractivity (Wildman–Crippen MR) is 88.0 cm³/mol. The summed E-state index contributed by atoms with van der Waals surface area (Å²) in [5, 5.41) is 23.5. The molecular formula is C16H18ClF2N3O2. The molecule has 2 aromatic rings. The fourth-order valence-electron chi connectivity index (χ4n) is 3.24. The SMILES string of the molecule is NC(=NO)c1cc(Cl)c2c(O)n(CC3CCC(F)(F)CC3)cc2c1. The fourth-order valence-corrected chi connectivity index (χ4v) is 3.55. The van der Waals surface area contributed by atoms with Gasteiger partial charge in [0.05, 0.1) is 10.4 Å². The van der Waals surface area contributed by atoms with Crippen LogP contribution >= 0.6 is 11.6 Å². The summed E-state index contributed by atoms with van der Waals surface area (Å²) in [5.41, 5.74) is 6.01. The first kappa shape index (κ1) is 16.8. The monoisotopic (exact) mass is 357 g/mol. The minimum absolute atomic E-state index is 0.00149. The van der Waals surface area contributed by atoms with Gasteiger partial charge in [0.1, 0.15) is 0 Å². The summed E-state index contributed by atoms with van der Waals surface area (Å²) in [6.07, 6.45) is 2.31. The molecule has 3 rings (SSSR count). The second kappa shape index (κ2) is 6.12. The van der Waals surface area contributed by atoms with Gasteiger partial charge in [-0.1, -0.05) is 16.8 Å². The molecule has 0 saturated heterocycles. The van der Waals surface area contributed by atoms with E-state index in [-0.39, 0.29) is 35.5 Å². The first-order chi connectivity index (χ1) is 11.3. The van der Waals surface area contributed by atoms with E-state index in [0.29, 0.717) is 35.7 Å². The highest BCUT2D eigenvalue weighted by atomic mass is 35.5. The van der Waals surface area contributed by atoms with Crippen molar-refractivity contribution in [1.82, 2.24) is 4.57 Å². The summed E-state index contributed by atoms with van der Waals surface area (Å²) < 4.78 is 28.1. The van der Waals surface area contributed by atoms with Gasteiger partial charge in [-0.3, -0.25) is 0 Å². The van der Waals surface area contributed by atoms with Gasteiger partial charge in [-0.2, -0.15) is 0 Å². The van der Waals surface area contributed by atoms with Crippen LogP contribution in [0, 0.1) is 5.92 Å². The number of oxime groups is 1. The molecule has 1 aliphatic carbocycles. The van der Waals surface area contributed by atoms with Gasteiger partial charge < -0.3 is 20.6 Å². The Morgan fingerprint density at radius 1 is 1.38 bits per heavy atom. The number of hydrogen-bond donors (Lipinski definition) is 3. The van der Waals surface area contributed by atoms with E-state index in [4.69, 9.17) is 22.5 Å². The van der Waals surface area contributed by atoms with Crippen molar-refractivity contribution in [3.05, 3.63) is 28.9 Å². The summed E-state index contributed by atoms with van der Waals surface area (Å²) in [5.74, 6) is -2.57. The minimum Gasteiger partial charge on any atom is -0.494 e. The van der Waals surface area contributed by atoms with Crippen molar-refractivity contribution in [2.75, 3.05) is 0 Å². The van der Waals surface area contributed by atoms with Crippen LogP contribution < -0.4 is 5.73 Å². The van der Waals surface area contributed by atoms with E-state index in [1.807, 2.05) is 0 Å². The van der Waals surface area contributed by atoms with E-state index in [1.54, 1.807) is 16.8 Å². The van der Waals surface area contributed by atoms with Crippen molar-refractivity contribution in [1.29, 1.82) is 0 Å². The molecule has 8 heteroatoms. The highest BCUT2D eigenvalue weighted by molar-refractivity contribution is 6.36. The molecule has 0 bridgehead atoms. The molecule has 1 aromatic carbocycles. The molecule has 1 saturated carbocycles. The number of fused-ring (bicyclic) bond motifs is 1. The number of nitrogens with two attached hydrogens (primary N) is 1. The maximum Gasteiger partial charge on any atom is 0.248 e. The minimum atomic E-state index is -2.57. The van der Waals surface area contributed by atoms with Gasteiger partial charge in [0.25, 0.3) is 0 Å². The highest BCUT2D eigenvalue weighted by Crippen LogP contribution is 2.39. The second-order valence-electron chi connectivity index (χ2n) is 6.31. The maximum absolute atomic E-state index is 13.3. The molecule has 0 atom stereocenters. The smallest absolute Gasteiger partial charge is 0.248 e. The van der Waals surface area contributed by atoms with Crippen molar-refractivity contribution in [3.63, 3.8) is 0 Å². The van der Waals surface area contributed by atoms with Gasteiger partial charge in [-0.25, -0.2) is 8.78 Å². The van der Waals surface area contributed by atoms with Crippen molar-refractivity contribution in [3.8, 4) is 5.88 Å². The zero-order valence-electron chi connectivity index (χ0n) is 12.8. The summed E-state index contributed by atoms with van der Waals surface area (Å²) in [4.78, 5) is 0. The molecule has 1 heterocycles. The largest absolute Gasteiger partial charge is 0.494 e. The summed E-state index contributed by atoms with van der Waals surface area (Å²) in [7, 11) is 0. The van der Waals surface area contributed by atoms with Crippen LogP contribution in [0.1, 0.15) is 31.2 Å². The van der Waals surface area contributed by atoms with Crippen molar-refractivity contribution in [2.45, 2.75) is 38.2 Å². The predicted octanol–water partition coefficient (Wildman–Crippen LogP) is 3.92. The highest BCUT2D eigenvalue weighted by Gasteiger charge is 2.35. The lowest BCUT2D eigenvalue weighted by atomic mass is 9.87. The van der Waals surface area contributed by atoms with Crippen LogP contribution in [0.5, 0.6) is 5.88 Å². The van der Waals surface area contributed by atoms with Gasteiger partial charge in [-0.05, 0) is 30.9 Å². The van der Waals surface area contributed by atoms with Crippen LogP contribution in [0.4, 0.5) is 8.78 Å².